The molecule has 4 aromatic carbocycles. The lowest BCUT2D eigenvalue weighted by Gasteiger charge is -2.60. The second-order valence-corrected chi connectivity index (χ2v) is 11.5. The first kappa shape index (κ1) is 28.2. The molecule has 0 saturated carbocycles. The summed E-state index contributed by atoms with van der Waals surface area (Å²) in [5.41, 5.74) is 1.58. The maximum Gasteiger partial charge on any atom is 0.334 e. The SMILES string of the molecule is CN1CC(=O)N2[C@@H](Cc3ccc(O)cc3)C(=O)N(Cc3cccc4ccccc34)C[C@@]2(C)N1C(=O)NCc1ccccc1. The molecule has 0 radical (unpaired) electrons. The quantitative estimate of drug-likeness (QED) is 0.360. The van der Waals surface area contributed by atoms with E-state index in [1.165, 1.54) is 0 Å². The van der Waals surface area contributed by atoms with Crippen LogP contribution in [0, 0.1) is 0 Å². The maximum absolute atomic E-state index is 14.3. The first-order valence-electron chi connectivity index (χ1n) is 14.4. The van der Waals surface area contributed by atoms with E-state index in [0.29, 0.717) is 13.1 Å². The molecule has 2 saturated heterocycles. The average molecular weight is 578 g/mol. The molecule has 43 heavy (non-hydrogen) atoms. The van der Waals surface area contributed by atoms with Crippen LogP contribution in [0.1, 0.15) is 23.6 Å². The van der Waals surface area contributed by atoms with Crippen LogP contribution < -0.4 is 5.32 Å². The third-order valence-electron chi connectivity index (χ3n) is 8.43. The molecule has 2 heterocycles. The second-order valence-electron chi connectivity index (χ2n) is 11.5. The molecule has 2 aliphatic heterocycles. The Kier molecular flexibility index (Phi) is 7.50. The van der Waals surface area contributed by atoms with E-state index in [0.717, 1.165) is 27.5 Å². The summed E-state index contributed by atoms with van der Waals surface area (Å²) >= 11 is 0. The molecule has 0 spiro atoms. The van der Waals surface area contributed by atoms with Crippen molar-refractivity contribution in [1.29, 1.82) is 0 Å². The van der Waals surface area contributed by atoms with E-state index >= 15 is 0 Å². The molecule has 0 bridgehead atoms. The molecule has 2 atom stereocenters. The van der Waals surface area contributed by atoms with Gasteiger partial charge in [0.2, 0.25) is 11.8 Å². The van der Waals surface area contributed by atoms with Gasteiger partial charge in [0.05, 0.1) is 13.1 Å². The molecule has 220 valence electrons. The Bertz CT molecular complexity index is 1660. The number of hydrogen-bond donors (Lipinski definition) is 2. The fourth-order valence-corrected chi connectivity index (χ4v) is 6.52. The number of fused-ring (bicyclic) bond motifs is 2. The number of hydrogen-bond acceptors (Lipinski definition) is 5. The van der Waals surface area contributed by atoms with Crippen LogP contribution in [0.15, 0.2) is 97.1 Å². The Balaban J connectivity index is 1.38. The number of benzene rings is 4. The number of phenols is 1. The number of aromatic hydroxyl groups is 1. The Labute approximate surface area is 250 Å². The predicted octanol–water partition coefficient (Wildman–Crippen LogP) is 4.12. The molecule has 9 nitrogen and oxygen atoms in total. The summed E-state index contributed by atoms with van der Waals surface area (Å²) < 4.78 is 0. The highest BCUT2D eigenvalue weighted by Gasteiger charge is 2.58. The first-order chi connectivity index (χ1) is 20.7. The number of phenolic OH excluding ortho intramolecular Hbond substituents is 1. The van der Waals surface area contributed by atoms with Gasteiger partial charge in [-0.15, -0.1) is 0 Å². The molecule has 4 aromatic rings. The molecule has 0 unspecified atom stereocenters. The highest BCUT2D eigenvalue weighted by atomic mass is 16.3. The lowest BCUT2D eigenvalue weighted by atomic mass is 9.92. The largest absolute Gasteiger partial charge is 0.508 e. The molecule has 2 N–H and O–H groups in total. The number of nitrogens with one attached hydrogen (secondary N) is 1. The van der Waals surface area contributed by atoms with E-state index in [1.807, 2.05) is 79.7 Å². The topological polar surface area (TPSA) is 96.4 Å². The zero-order valence-electron chi connectivity index (χ0n) is 24.3. The third-order valence-corrected chi connectivity index (χ3v) is 8.43. The number of amides is 4. The van der Waals surface area contributed by atoms with Gasteiger partial charge in [0.25, 0.3) is 0 Å². The van der Waals surface area contributed by atoms with Crippen molar-refractivity contribution in [1.82, 2.24) is 25.1 Å². The highest BCUT2D eigenvalue weighted by Crippen LogP contribution is 2.37. The van der Waals surface area contributed by atoms with E-state index in [9.17, 15) is 19.5 Å². The van der Waals surface area contributed by atoms with E-state index in [-0.39, 0.29) is 43.1 Å². The summed E-state index contributed by atoms with van der Waals surface area (Å²) in [5, 5.41) is 18.2. The van der Waals surface area contributed by atoms with E-state index < -0.39 is 11.7 Å². The van der Waals surface area contributed by atoms with Crippen molar-refractivity contribution >= 4 is 28.6 Å². The molecule has 2 aliphatic rings. The number of rotatable bonds is 6. The number of likely N-dealkylation sites (N-methyl/N-ethyl adjacent to an activating group) is 1. The molecule has 6 rings (SSSR count). The van der Waals surface area contributed by atoms with Crippen LogP contribution in [0.5, 0.6) is 5.75 Å². The first-order valence-corrected chi connectivity index (χ1v) is 14.4. The van der Waals surface area contributed by atoms with E-state index in [4.69, 9.17) is 0 Å². The van der Waals surface area contributed by atoms with Gasteiger partial charge in [0, 0.05) is 26.6 Å². The lowest BCUT2D eigenvalue weighted by molar-refractivity contribution is -0.213. The predicted molar refractivity (Wildman–Crippen MR) is 163 cm³/mol. The number of carbonyl (C=O) groups is 3. The van der Waals surface area contributed by atoms with Crippen molar-refractivity contribution in [3.63, 3.8) is 0 Å². The van der Waals surface area contributed by atoms with Gasteiger partial charge in [-0.3, -0.25) is 9.59 Å². The van der Waals surface area contributed by atoms with Gasteiger partial charge in [-0.25, -0.2) is 14.8 Å². The van der Waals surface area contributed by atoms with Gasteiger partial charge in [-0.2, -0.15) is 0 Å². The summed E-state index contributed by atoms with van der Waals surface area (Å²) in [6.07, 6.45) is 0.246. The fourth-order valence-electron chi connectivity index (χ4n) is 6.52. The smallest absolute Gasteiger partial charge is 0.334 e. The van der Waals surface area contributed by atoms with Gasteiger partial charge < -0.3 is 20.2 Å². The number of carbonyl (C=O) groups excluding carboxylic acids is 3. The molecule has 2 fully saturated rings. The van der Waals surface area contributed by atoms with Gasteiger partial charge in [0.1, 0.15) is 11.8 Å². The number of hydrazine groups is 1. The molecular formula is C34H35N5O4. The Morgan fingerprint density at radius 3 is 2.37 bits per heavy atom. The lowest BCUT2D eigenvalue weighted by Crippen LogP contribution is -2.81. The van der Waals surface area contributed by atoms with Crippen molar-refractivity contribution in [2.45, 2.75) is 38.1 Å². The standard InChI is InChI=1S/C34H35N5O4/c1-34-23-37(21-27-13-8-12-26-11-6-7-14-29(26)27)32(42)30(19-24-15-17-28(40)18-16-24)38(34)31(41)22-36(2)39(34)33(43)35-20-25-9-4-3-5-10-25/h3-18,30,40H,19-23H2,1-2H3,(H,35,43)/t30-,34+/m0/s1. The zero-order chi connectivity index (χ0) is 30.1. The van der Waals surface area contributed by atoms with Gasteiger partial charge in [0.15, 0.2) is 5.66 Å². The minimum Gasteiger partial charge on any atom is -0.508 e. The van der Waals surface area contributed by atoms with Crippen LogP contribution in [0.2, 0.25) is 0 Å². The Hall–Kier alpha value is -4.89. The van der Waals surface area contributed by atoms with Crippen LogP contribution in [0.3, 0.4) is 0 Å². The maximum atomic E-state index is 14.3. The molecular weight excluding hydrogens is 542 g/mol. The number of nitrogens with zero attached hydrogens (tertiary/aromatic N) is 4. The van der Waals surface area contributed by atoms with E-state index in [2.05, 4.69) is 5.32 Å². The molecule has 0 aliphatic carbocycles. The van der Waals surface area contributed by atoms with Crippen molar-refractivity contribution in [2.24, 2.45) is 0 Å². The summed E-state index contributed by atoms with van der Waals surface area (Å²) in [5.74, 6) is -0.279. The molecule has 9 heteroatoms. The van der Waals surface area contributed by atoms with Crippen LogP contribution in [-0.4, -0.2) is 74.6 Å². The van der Waals surface area contributed by atoms with Crippen molar-refractivity contribution in [3.05, 3.63) is 114 Å². The molecule has 0 aromatic heterocycles. The monoisotopic (exact) mass is 577 g/mol. The third kappa shape index (κ3) is 5.39. The summed E-state index contributed by atoms with van der Waals surface area (Å²) in [6, 6.07) is 29.2. The van der Waals surface area contributed by atoms with Crippen LogP contribution >= 0.6 is 0 Å². The van der Waals surface area contributed by atoms with Crippen molar-refractivity contribution in [3.8, 4) is 5.75 Å². The average Bonchev–Trinajstić information content (AvgIpc) is 3.00. The summed E-state index contributed by atoms with van der Waals surface area (Å²) in [6.45, 7) is 2.60. The summed E-state index contributed by atoms with van der Waals surface area (Å²) in [4.78, 5) is 45.3. The Morgan fingerprint density at radius 2 is 1.60 bits per heavy atom. The number of urea groups is 1. The summed E-state index contributed by atoms with van der Waals surface area (Å²) in [7, 11) is 1.73. The number of piperazine rings is 1. The fraction of sp³-hybridized carbons (Fsp3) is 0.265. The van der Waals surface area contributed by atoms with Crippen LogP contribution in [0.4, 0.5) is 4.79 Å². The van der Waals surface area contributed by atoms with Crippen LogP contribution in [0.25, 0.3) is 10.8 Å². The highest BCUT2D eigenvalue weighted by molar-refractivity contribution is 5.93. The van der Waals surface area contributed by atoms with Gasteiger partial charge in [-0.05, 0) is 46.5 Å². The Morgan fingerprint density at radius 1 is 0.907 bits per heavy atom. The zero-order valence-corrected chi connectivity index (χ0v) is 24.3. The minimum atomic E-state index is -1.16. The molecule has 4 amide bonds. The van der Waals surface area contributed by atoms with Crippen molar-refractivity contribution in [2.75, 3.05) is 20.1 Å². The van der Waals surface area contributed by atoms with Gasteiger partial charge in [-0.1, -0.05) is 84.9 Å². The van der Waals surface area contributed by atoms with Gasteiger partial charge >= 0.3 is 6.03 Å². The van der Waals surface area contributed by atoms with Crippen LogP contribution in [-0.2, 0) is 29.1 Å². The van der Waals surface area contributed by atoms with E-state index in [1.54, 1.807) is 51.1 Å². The second kappa shape index (κ2) is 11.4. The van der Waals surface area contributed by atoms with Crippen molar-refractivity contribution < 1.29 is 19.5 Å². The minimum absolute atomic E-state index is 0.0446. The normalized spacial score (nSPS) is 20.8.